The number of benzene rings is 2. The zero-order valence-corrected chi connectivity index (χ0v) is 18.6. The lowest BCUT2D eigenvalue weighted by Crippen LogP contribution is -2.36. The molecular formula is C27H26ClFN2O. The van der Waals surface area contributed by atoms with Crippen molar-refractivity contribution >= 4 is 17.5 Å². The fourth-order valence-electron chi connectivity index (χ4n) is 4.72. The summed E-state index contributed by atoms with van der Waals surface area (Å²) in [5, 5.41) is 0.700. The largest absolute Gasteiger partial charge is 0.329 e. The van der Waals surface area contributed by atoms with Crippen LogP contribution in [0.4, 0.5) is 4.39 Å². The third-order valence-corrected chi connectivity index (χ3v) is 6.90. The first-order valence-corrected chi connectivity index (χ1v) is 11.7. The van der Waals surface area contributed by atoms with Crippen molar-refractivity contribution in [3.05, 3.63) is 101 Å². The van der Waals surface area contributed by atoms with Gasteiger partial charge in [0, 0.05) is 17.6 Å². The molecule has 164 valence electrons. The van der Waals surface area contributed by atoms with Gasteiger partial charge in [0.1, 0.15) is 5.82 Å². The van der Waals surface area contributed by atoms with Crippen LogP contribution in [0.5, 0.6) is 0 Å². The Morgan fingerprint density at radius 1 is 1.06 bits per heavy atom. The zero-order valence-electron chi connectivity index (χ0n) is 17.8. The highest BCUT2D eigenvalue weighted by Crippen LogP contribution is 2.51. The summed E-state index contributed by atoms with van der Waals surface area (Å²) in [6.45, 7) is 0.497. The first-order valence-electron chi connectivity index (χ1n) is 11.3. The standard InChI is InChI=1S/C27H26ClFN2O/c28-22-10-6-20(7-11-22)27(19-4-5-19)31(17-24-3-1-2-14-30-24)26(32)16-21-15-25(21)18-8-12-23(29)13-9-18/h1-3,6-14,19,21,25,27H,4-5,15-17H2. The Morgan fingerprint density at radius 2 is 1.81 bits per heavy atom. The molecule has 1 amide bonds. The van der Waals surface area contributed by atoms with Crippen LogP contribution in [-0.2, 0) is 11.3 Å². The smallest absolute Gasteiger partial charge is 0.223 e. The van der Waals surface area contributed by atoms with Crippen LogP contribution in [0.3, 0.4) is 0 Å². The molecule has 0 radical (unpaired) electrons. The molecule has 3 aromatic rings. The van der Waals surface area contributed by atoms with Crippen molar-refractivity contribution in [2.24, 2.45) is 11.8 Å². The summed E-state index contributed by atoms with van der Waals surface area (Å²) in [6.07, 6.45) is 5.51. The van der Waals surface area contributed by atoms with Crippen LogP contribution in [0.25, 0.3) is 0 Å². The van der Waals surface area contributed by atoms with Crippen LogP contribution in [0.2, 0.25) is 5.02 Å². The van der Waals surface area contributed by atoms with Gasteiger partial charge in [0.2, 0.25) is 5.91 Å². The molecule has 2 fully saturated rings. The second kappa shape index (κ2) is 9.03. The van der Waals surface area contributed by atoms with E-state index in [0.717, 1.165) is 36.1 Å². The number of hydrogen-bond acceptors (Lipinski definition) is 2. The van der Waals surface area contributed by atoms with Crippen LogP contribution >= 0.6 is 11.6 Å². The van der Waals surface area contributed by atoms with Gasteiger partial charge in [0.05, 0.1) is 18.3 Å². The predicted molar refractivity (Wildman–Crippen MR) is 124 cm³/mol. The molecule has 0 spiro atoms. The Kier molecular flexibility index (Phi) is 5.97. The maximum Gasteiger partial charge on any atom is 0.223 e. The van der Waals surface area contributed by atoms with Crippen molar-refractivity contribution in [3.63, 3.8) is 0 Å². The van der Waals surface area contributed by atoms with Crippen molar-refractivity contribution in [1.82, 2.24) is 9.88 Å². The third-order valence-electron chi connectivity index (χ3n) is 6.65. The van der Waals surface area contributed by atoms with Crippen LogP contribution < -0.4 is 0 Å². The van der Waals surface area contributed by atoms with Gasteiger partial charge in [-0.1, -0.05) is 41.9 Å². The summed E-state index contributed by atoms with van der Waals surface area (Å²) >= 11 is 6.13. The number of hydrogen-bond donors (Lipinski definition) is 0. The van der Waals surface area contributed by atoms with E-state index in [0.29, 0.717) is 35.7 Å². The minimum absolute atomic E-state index is 0.0322. The maximum atomic E-state index is 13.7. The molecule has 0 saturated heterocycles. The molecule has 2 saturated carbocycles. The summed E-state index contributed by atoms with van der Waals surface area (Å²) in [5.41, 5.74) is 3.15. The van der Waals surface area contributed by atoms with E-state index in [9.17, 15) is 9.18 Å². The average Bonchev–Trinajstić information content (AvgIpc) is 3.73. The van der Waals surface area contributed by atoms with Gasteiger partial charge in [-0.05, 0) is 84.5 Å². The molecule has 5 rings (SSSR count). The van der Waals surface area contributed by atoms with Crippen molar-refractivity contribution < 1.29 is 9.18 Å². The summed E-state index contributed by atoms with van der Waals surface area (Å²) in [5.74, 6) is 1.06. The summed E-state index contributed by atoms with van der Waals surface area (Å²) in [7, 11) is 0. The van der Waals surface area contributed by atoms with Crippen LogP contribution in [0.15, 0.2) is 72.9 Å². The fourth-order valence-corrected chi connectivity index (χ4v) is 4.85. The predicted octanol–water partition coefficient (Wildman–Crippen LogP) is 6.55. The molecule has 1 heterocycles. The molecule has 2 aliphatic rings. The number of amides is 1. The van der Waals surface area contributed by atoms with Gasteiger partial charge < -0.3 is 4.90 Å². The lowest BCUT2D eigenvalue weighted by atomic mass is 9.99. The van der Waals surface area contributed by atoms with Gasteiger partial charge >= 0.3 is 0 Å². The number of carbonyl (C=O) groups is 1. The lowest BCUT2D eigenvalue weighted by Gasteiger charge is -2.33. The molecule has 5 heteroatoms. The highest BCUT2D eigenvalue weighted by atomic mass is 35.5. The SMILES string of the molecule is O=C(CC1CC1c1ccc(F)cc1)N(Cc1ccccn1)C(c1ccc(Cl)cc1)C1CC1. The first-order chi connectivity index (χ1) is 15.6. The van der Waals surface area contributed by atoms with Crippen LogP contribution in [-0.4, -0.2) is 15.8 Å². The summed E-state index contributed by atoms with van der Waals surface area (Å²) in [6, 6.07) is 20.5. The van der Waals surface area contributed by atoms with Crippen molar-refractivity contribution in [2.45, 2.75) is 44.2 Å². The highest BCUT2D eigenvalue weighted by Gasteiger charge is 2.43. The van der Waals surface area contributed by atoms with Gasteiger partial charge in [0.25, 0.3) is 0 Å². The molecular weight excluding hydrogens is 423 g/mol. The Balaban J connectivity index is 1.37. The Hall–Kier alpha value is -2.72. The number of aromatic nitrogens is 1. The Morgan fingerprint density at radius 3 is 2.47 bits per heavy atom. The van der Waals surface area contributed by atoms with E-state index in [1.165, 1.54) is 12.1 Å². The molecule has 3 atom stereocenters. The first kappa shape index (κ1) is 21.1. The monoisotopic (exact) mass is 448 g/mol. The third kappa shape index (κ3) is 4.86. The minimum atomic E-state index is -0.223. The number of pyridine rings is 1. The molecule has 1 aromatic heterocycles. The zero-order chi connectivity index (χ0) is 22.1. The fraction of sp³-hybridized carbons (Fsp3) is 0.333. The van der Waals surface area contributed by atoms with Crippen LogP contribution in [0.1, 0.15) is 54.5 Å². The average molecular weight is 449 g/mol. The summed E-state index contributed by atoms with van der Waals surface area (Å²) < 4.78 is 13.3. The number of rotatable bonds is 8. The van der Waals surface area contributed by atoms with E-state index in [2.05, 4.69) is 4.98 Å². The van der Waals surface area contributed by atoms with Crippen molar-refractivity contribution in [2.75, 3.05) is 0 Å². The maximum absolute atomic E-state index is 13.7. The van der Waals surface area contributed by atoms with Gasteiger partial charge in [-0.25, -0.2) is 4.39 Å². The molecule has 0 aliphatic heterocycles. The van der Waals surface area contributed by atoms with E-state index >= 15 is 0 Å². The van der Waals surface area contributed by atoms with Crippen molar-refractivity contribution in [1.29, 1.82) is 0 Å². The van der Waals surface area contributed by atoms with Gasteiger partial charge in [-0.2, -0.15) is 0 Å². The van der Waals surface area contributed by atoms with E-state index in [4.69, 9.17) is 11.6 Å². The molecule has 0 N–H and O–H groups in total. The van der Waals surface area contributed by atoms with Gasteiger partial charge in [0.15, 0.2) is 0 Å². The van der Waals surface area contributed by atoms with E-state index in [1.807, 2.05) is 59.5 Å². The molecule has 3 unspecified atom stereocenters. The quantitative estimate of drug-likeness (QED) is 0.391. The molecule has 2 aromatic carbocycles. The van der Waals surface area contributed by atoms with Crippen LogP contribution in [0, 0.1) is 17.7 Å². The molecule has 0 bridgehead atoms. The minimum Gasteiger partial charge on any atom is -0.329 e. The van der Waals surface area contributed by atoms with E-state index < -0.39 is 0 Å². The highest BCUT2D eigenvalue weighted by molar-refractivity contribution is 6.30. The molecule has 2 aliphatic carbocycles. The number of halogens is 2. The topological polar surface area (TPSA) is 33.2 Å². The normalized spacial score (nSPS) is 20.6. The summed E-state index contributed by atoms with van der Waals surface area (Å²) in [4.78, 5) is 20.2. The van der Waals surface area contributed by atoms with Crippen molar-refractivity contribution in [3.8, 4) is 0 Å². The van der Waals surface area contributed by atoms with E-state index in [1.54, 1.807) is 6.20 Å². The lowest BCUT2D eigenvalue weighted by molar-refractivity contribution is -0.135. The molecule has 32 heavy (non-hydrogen) atoms. The number of nitrogens with zero attached hydrogens (tertiary/aromatic N) is 2. The molecule has 3 nitrogen and oxygen atoms in total. The van der Waals surface area contributed by atoms with Gasteiger partial charge in [-0.15, -0.1) is 0 Å². The number of carbonyl (C=O) groups excluding carboxylic acids is 1. The Labute approximate surface area is 193 Å². The second-order valence-corrected chi connectivity index (χ2v) is 9.47. The van der Waals surface area contributed by atoms with E-state index in [-0.39, 0.29) is 17.8 Å². The second-order valence-electron chi connectivity index (χ2n) is 9.03. The Bertz CT molecular complexity index is 1070. The van der Waals surface area contributed by atoms with Gasteiger partial charge in [-0.3, -0.25) is 9.78 Å².